The van der Waals surface area contributed by atoms with Crippen molar-refractivity contribution in [1.82, 2.24) is 4.98 Å². The molecule has 3 aromatic rings. The molecule has 172 valence electrons. The minimum absolute atomic E-state index is 0.00665. The molecule has 0 amide bonds. The summed E-state index contributed by atoms with van der Waals surface area (Å²) in [4.78, 5) is 16.9. The van der Waals surface area contributed by atoms with Crippen LogP contribution in [0.1, 0.15) is 16.7 Å². The van der Waals surface area contributed by atoms with Gasteiger partial charge in [-0.25, -0.2) is 9.38 Å². The summed E-state index contributed by atoms with van der Waals surface area (Å²) in [6.07, 6.45) is 3.17. The first kappa shape index (κ1) is 23.6. The Morgan fingerprint density at radius 2 is 1.91 bits per heavy atom. The van der Waals surface area contributed by atoms with Crippen LogP contribution < -0.4 is 10.5 Å². The molecule has 1 aliphatic heterocycles. The number of halogens is 3. The summed E-state index contributed by atoms with van der Waals surface area (Å²) in [6, 6.07) is 12.9. The van der Waals surface area contributed by atoms with E-state index in [1.54, 1.807) is 55.7 Å². The topological polar surface area (TPSA) is 107 Å². The average molecular weight is 459 g/mol. The number of aromatic nitrogens is 1. The van der Waals surface area contributed by atoms with Gasteiger partial charge in [0.25, 0.3) is 12.5 Å². The number of aryl methyl sites for hydroxylation is 1. The normalized spacial score (nSPS) is 16.9. The first-order chi connectivity index (χ1) is 15.8. The number of benzene rings is 2. The van der Waals surface area contributed by atoms with E-state index in [1.165, 1.54) is 12.1 Å². The quantitative estimate of drug-likeness (QED) is 0.557. The molecule has 4 rings (SSSR count). The van der Waals surface area contributed by atoms with Gasteiger partial charge in [-0.1, -0.05) is 18.2 Å². The Hall–Kier alpha value is -4.08. The van der Waals surface area contributed by atoms with Gasteiger partial charge in [0.2, 0.25) is 0 Å². The number of rotatable bonds is 5. The summed E-state index contributed by atoms with van der Waals surface area (Å²) in [5.74, 6) is -0.343. The van der Waals surface area contributed by atoms with Gasteiger partial charge in [0, 0.05) is 23.5 Å². The lowest BCUT2D eigenvalue weighted by molar-refractivity contribution is -0.122. The number of pyridine rings is 1. The number of hydrogen-bond acceptors (Lipinski definition) is 6. The van der Waals surface area contributed by atoms with Crippen LogP contribution in [0, 0.1) is 12.7 Å². The standard InChI is InChI=1S/C22H18F3N3O2.CH2O2/c1-13-9-15(5-7-19(13)30-20(24)25)22(12-29-21(26)28-22)16-4-6-18(23)17(10-16)14-3-2-8-27-11-14;2-1-3/h2-11,20H,12H2,1H3,(H2,26,28);1H,(H,2,3). The van der Waals surface area contributed by atoms with Crippen molar-refractivity contribution in [3.8, 4) is 16.9 Å². The Labute approximate surface area is 187 Å². The third-order valence-electron chi connectivity index (χ3n) is 5.02. The number of carbonyl (C=O) groups is 1. The van der Waals surface area contributed by atoms with E-state index in [9.17, 15) is 13.2 Å². The van der Waals surface area contributed by atoms with Crippen LogP contribution in [0.4, 0.5) is 13.2 Å². The Bertz CT molecular complexity index is 1160. The lowest BCUT2D eigenvalue weighted by atomic mass is 9.82. The predicted molar refractivity (Wildman–Crippen MR) is 114 cm³/mol. The van der Waals surface area contributed by atoms with Crippen LogP contribution in [0.2, 0.25) is 0 Å². The molecule has 0 spiro atoms. The third kappa shape index (κ3) is 5.05. The predicted octanol–water partition coefficient (Wildman–Crippen LogP) is 4.09. The smallest absolute Gasteiger partial charge is 0.387 e. The van der Waals surface area contributed by atoms with Crippen molar-refractivity contribution in [2.24, 2.45) is 10.7 Å². The number of ether oxygens (including phenoxy) is 2. The van der Waals surface area contributed by atoms with Crippen LogP contribution in [-0.2, 0) is 15.1 Å². The highest BCUT2D eigenvalue weighted by Crippen LogP contribution is 2.41. The van der Waals surface area contributed by atoms with Crippen LogP contribution in [0.15, 0.2) is 65.9 Å². The maximum Gasteiger partial charge on any atom is 0.387 e. The van der Waals surface area contributed by atoms with Crippen molar-refractivity contribution in [1.29, 1.82) is 0 Å². The molecule has 1 atom stereocenters. The van der Waals surface area contributed by atoms with Gasteiger partial charge < -0.3 is 20.3 Å². The maximum atomic E-state index is 14.6. The second kappa shape index (κ2) is 10.0. The van der Waals surface area contributed by atoms with Crippen molar-refractivity contribution in [3.05, 3.63) is 83.4 Å². The number of nitrogens with two attached hydrogens (primary N) is 1. The molecule has 33 heavy (non-hydrogen) atoms. The van der Waals surface area contributed by atoms with Crippen molar-refractivity contribution in [3.63, 3.8) is 0 Å². The number of carboxylic acid groups (broad SMARTS) is 1. The highest BCUT2D eigenvalue weighted by molar-refractivity contribution is 5.76. The number of amidine groups is 1. The zero-order chi connectivity index (χ0) is 24.0. The van der Waals surface area contributed by atoms with E-state index in [0.717, 1.165) is 0 Å². The van der Waals surface area contributed by atoms with E-state index in [4.69, 9.17) is 20.4 Å². The van der Waals surface area contributed by atoms with Gasteiger partial charge in [-0.3, -0.25) is 9.78 Å². The summed E-state index contributed by atoms with van der Waals surface area (Å²) in [5, 5.41) is 6.89. The monoisotopic (exact) mass is 459 g/mol. The van der Waals surface area contributed by atoms with Crippen LogP contribution in [-0.4, -0.2) is 35.8 Å². The molecular weight excluding hydrogens is 439 g/mol. The van der Waals surface area contributed by atoms with E-state index in [1.807, 2.05) is 0 Å². The van der Waals surface area contributed by atoms with E-state index in [-0.39, 0.29) is 24.9 Å². The molecule has 3 N–H and O–H groups in total. The molecule has 7 nitrogen and oxygen atoms in total. The second-order valence-corrected chi connectivity index (χ2v) is 7.00. The fraction of sp³-hybridized carbons (Fsp3) is 0.174. The summed E-state index contributed by atoms with van der Waals surface area (Å²) >= 11 is 0. The maximum absolute atomic E-state index is 14.6. The summed E-state index contributed by atoms with van der Waals surface area (Å²) in [6.45, 7) is -1.43. The Balaban J connectivity index is 0.000000968. The van der Waals surface area contributed by atoms with Gasteiger partial charge in [0.15, 0.2) is 5.54 Å². The molecule has 0 bridgehead atoms. The van der Waals surface area contributed by atoms with Gasteiger partial charge in [0.1, 0.15) is 18.2 Å². The number of hydrogen-bond donors (Lipinski definition) is 2. The van der Waals surface area contributed by atoms with Crippen molar-refractivity contribution in [2.75, 3.05) is 6.61 Å². The SMILES string of the molecule is Cc1cc(C2(c3ccc(F)c(-c4cccnc4)c3)COC(N)=N2)ccc1OC(F)F.O=CO. The first-order valence-corrected chi connectivity index (χ1v) is 9.63. The summed E-state index contributed by atoms with van der Waals surface area (Å²) in [5.41, 5.74) is 7.54. The highest BCUT2D eigenvalue weighted by atomic mass is 19.3. The molecule has 0 saturated carbocycles. The minimum atomic E-state index is -2.92. The lowest BCUT2D eigenvalue weighted by Gasteiger charge is -2.27. The molecule has 0 saturated heterocycles. The van der Waals surface area contributed by atoms with Crippen molar-refractivity contribution < 1.29 is 32.5 Å². The zero-order valence-corrected chi connectivity index (χ0v) is 17.4. The van der Waals surface area contributed by atoms with Crippen LogP contribution in [0.3, 0.4) is 0 Å². The lowest BCUT2D eigenvalue weighted by Crippen LogP contribution is -2.27. The second-order valence-electron chi connectivity index (χ2n) is 7.00. The molecule has 0 fully saturated rings. The molecule has 0 radical (unpaired) electrons. The molecule has 1 aliphatic rings. The largest absolute Gasteiger partial charge is 0.483 e. The number of alkyl halides is 2. The molecule has 10 heteroatoms. The van der Waals surface area contributed by atoms with Gasteiger partial charge >= 0.3 is 6.61 Å². The molecule has 2 aromatic carbocycles. The minimum Gasteiger partial charge on any atom is -0.483 e. The molecule has 2 heterocycles. The molecule has 1 unspecified atom stereocenters. The highest BCUT2D eigenvalue weighted by Gasteiger charge is 2.40. The molecule has 1 aromatic heterocycles. The molecule has 0 aliphatic carbocycles. The van der Waals surface area contributed by atoms with Crippen LogP contribution in [0.25, 0.3) is 11.1 Å². The fourth-order valence-corrected chi connectivity index (χ4v) is 3.55. The van der Waals surface area contributed by atoms with Gasteiger partial charge in [-0.15, -0.1) is 0 Å². The van der Waals surface area contributed by atoms with Crippen LogP contribution >= 0.6 is 0 Å². The number of aliphatic imine (C=N–C) groups is 1. The van der Waals surface area contributed by atoms with Gasteiger partial charge in [-0.05, 0) is 53.9 Å². The van der Waals surface area contributed by atoms with Gasteiger partial charge in [-0.2, -0.15) is 8.78 Å². The van der Waals surface area contributed by atoms with Crippen molar-refractivity contribution >= 4 is 12.5 Å². The van der Waals surface area contributed by atoms with E-state index >= 15 is 0 Å². The van der Waals surface area contributed by atoms with Crippen LogP contribution in [0.5, 0.6) is 5.75 Å². The summed E-state index contributed by atoms with van der Waals surface area (Å²) in [7, 11) is 0. The summed E-state index contributed by atoms with van der Waals surface area (Å²) < 4.78 is 49.8. The average Bonchev–Trinajstić information content (AvgIpc) is 3.19. The van der Waals surface area contributed by atoms with E-state index in [2.05, 4.69) is 14.7 Å². The molecular formula is C23H20F3N3O4. The third-order valence-corrected chi connectivity index (χ3v) is 5.02. The van der Waals surface area contributed by atoms with Gasteiger partial charge in [0.05, 0.1) is 0 Å². The van der Waals surface area contributed by atoms with Crippen molar-refractivity contribution in [2.45, 2.75) is 19.1 Å². The Kier molecular flexibility index (Phi) is 7.17. The van der Waals surface area contributed by atoms with E-state index < -0.39 is 18.0 Å². The number of nitrogens with zero attached hydrogens (tertiary/aromatic N) is 2. The fourth-order valence-electron chi connectivity index (χ4n) is 3.55. The zero-order valence-electron chi connectivity index (χ0n) is 17.4. The first-order valence-electron chi connectivity index (χ1n) is 9.63. The Morgan fingerprint density at radius 3 is 2.48 bits per heavy atom. The Morgan fingerprint density at radius 1 is 1.21 bits per heavy atom. The van der Waals surface area contributed by atoms with E-state index in [0.29, 0.717) is 27.8 Å².